The summed E-state index contributed by atoms with van der Waals surface area (Å²) in [6.07, 6.45) is 0. The van der Waals surface area contributed by atoms with Gasteiger partial charge in [0.05, 0.1) is 96.8 Å². The molecule has 0 spiro atoms. The molecule has 6 N–H and O–H groups in total. The third-order valence-electron chi connectivity index (χ3n) is 27.0. The van der Waals surface area contributed by atoms with Gasteiger partial charge in [-0.3, -0.25) is 0 Å². The van der Waals surface area contributed by atoms with E-state index in [1.807, 2.05) is 108 Å². The average molecular weight is 2160 g/mol. The molecule has 27 heteroatoms. The molecule has 726 valence electrons. The number of methoxy groups -OCH3 is 5. The Morgan fingerprint density at radius 2 is 0.443 bits per heavy atom. The van der Waals surface area contributed by atoms with Crippen LogP contribution in [0.4, 0.5) is 0 Å². The van der Waals surface area contributed by atoms with Gasteiger partial charge in [-0.25, -0.2) is 47.8 Å². The number of hydrogen-bond acceptors (Lipinski definition) is 18. The van der Waals surface area contributed by atoms with Crippen molar-refractivity contribution in [1.82, 2.24) is 15.0 Å². The first kappa shape index (κ1) is 98.4. The number of halogens is 3. The quantitative estimate of drug-likeness (QED) is 0.0189. The van der Waals surface area contributed by atoms with Gasteiger partial charge in [0.25, 0.3) is 0 Å². The summed E-state index contributed by atoms with van der Waals surface area (Å²) in [4.78, 5) is 107. The predicted molar refractivity (Wildman–Crippen MR) is 590 cm³/mol. The van der Waals surface area contributed by atoms with Crippen LogP contribution in [-0.2, 0) is 23.7 Å². The number of aromatic nitrogens is 3. The van der Waals surface area contributed by atoms with Gasteiger partial charge >= 0.3 is 60.8 Å². The van der Waals surface area contributed by atoms with Crippen LogP contribution in [0.2, 0.25) is 0 Å². The zero-order chi connectivity index (χ0) is 104. The lowest BCUT2D eigenvalue weighted by atomic mass is 9.80. The smallest absolute Gasteiger partial charge is 0.478 e. The zero-order valence-corrected chi connectivity index (χ0v) is 84.2. The van der Waals surface area contributed by atoms with E-state index in [0.29, 0.717) is 33.3 Å². The van der Waals surface area contributed by atoms with E-state index < -0.39 is 60.8 Å². The Morgan fingerprint density at radius 1 is 0.242 bits per heavy atom. The molecule has 149 heavy (non-hydrogen) atoms. The van der Waals surface area contributed by atoms with Crippen molar-refractivity contribution < 1.29 is 97.3 Å². The number of nitrogens with zero attached hydrogens (tertiary/aromatic N) is 3. The first-order chi connectivity index (χ1) is 72.1. The van der Waals surface area contributed by atoms with E-state index in [0.717, 1.165) is 189 Å². The lowest BCUT2D eigenvalue weighted by molar-refractivity contribution is 0.0592. The van der Waals surface area contributed by atoms with Gasteiger partial charge in [0.15, 0.2) is 0 Å². The number of benzene rings is 22. The van der Waals surface area contributed by atoms with E-state index in [1.54, 1.807) is 146 Å². The van der Waals surface area contributed by atoms with Crippen LogP contribution in [-0.4, -0.2) is 142 Å². The molecule has 0 radical (unpaired) electrons. The van der Waals surface area contributed by atoms with Crippen LogP contribution in [0, 0.1) is 0 Å². The van der Waals surface area contributed by atoms with Gasteiger partial charge in [-0.1, -0.05) is 247 Å². The van der Waals surface area contributed by atoms with Crippen molar-refractivity contribution in [1.29, 1.82) is 0 Å². The number of hydrogen-bond donors (Lipinski definition) is 6. The van der Waals surface area contributed by atoms with Gasteiger partial charge in [0.2, 0.25) is 0 Å². The van der Waals surface area contributed by atoms with Crippen molar-refractivity contribution in [3.8, 4) is 94.7 Å². The molecule has 0 atom stereocenters. The van der Waals surface area contributed by atoms with E-state index in [9.17, 15) is 63.6 Å². The van der Waals surface area contributed by atoms with Gasteiger partial charge in [-0.2, -0.15) is 0 Å². The first-order valence-corrected chi connectivity index (χ1v) is 48.8. The third kappa shape index (κ3) is 18.4. The molecule has 0 fully saturated rings. The molecule has 23 rings (SSSR count). The first-order valence-electron chi connectivity index (χ1n) is 46.4. The molecular weight excluding hydrogens is 2080 g/mol. The third-order valence-corrected chi connectivity index (χ3v) is 28.9. The fourth-order valence-corrected chi connectivity index (χ4v) is 21.6. The van der Waals surface area contributed by atoms with Crippen molar-refractivity contribution >= 4 is 222 Å². The Labute approximate surface area is 873 Å². The summed E-state index contributed by atoms with van der Waals surface area (Å²) in [5, 5.41) is 83.4. The number of fused-ring (bicyclic) bond motifs is 1. The molecule has 0 amide bonds. The van der Waals surface area contributed by atoms with Gasteiger partial charge < -0.3 is 54.2 Å². The minimum Gasteiger partial charge on any atom is -0.478 e. The second kappa shape index (κ2) is 40.9. The van der Waals surface area contributed by atoms with E-state index in [2.05, 4.69) is 142 Å². The summed E-state index contributed by atoms with van der Waals surface area (Å²) in [6, 6.07) is 108. The zero-order valence-electron chi connectivity index (χ0n) is 79.4. The molecule has 0 aliphatic heterocycles. The highest BCUT2D eigenvalue weighted by atomic mass is 79.9. The Bertz CT molecular complexity index is 8580. The minimum atomic E-state index is -1.51. The summed E-state index contributed by atoms with van der Waals surface area (Å²) in [5.74, 6) is -6.25. The second-order valence-electron chi connectivity index (χ2n) is 35.1. The van der Waals surface area contributed by atoms with E-state index in [1.165, 1.54) is 86.7 Å². The van der Waals surface area contributed by atoms with Crippen LogP contribution in [0.15, 0.2) is 365 Å². The Hall–Kier alpha value is -18.0. The standard InChI is InChI=1S/C48H34O8.C44H26O8.C22H10Br3N3.C8H9BO4/c1-53-45(49)31-13-5-27(6-14-31)39-25-40(28-7-15-32(16-8-28)46(50)54-2)36-23-24-38-42(30-11-19-34(20-12-30)48(52)56-4)26-41(37-22-21-35(39)43(36)44(37)38)29-9-17-33(18-10-29)47(51)55-3;45-41(46)27-9-1-23(2-10-27)35-21-36(24-3-11-28(12-4-24)42(47)48)32-19-20-34-38(26-7-15-30(16-8-26)44(51)52)22-37(25-5-13-29(14-6-25)43(49)50)33-18-17-31(35)39(32)40(33)34;23-15-9-16(24)12-7-8-14-20(28-19-4-2-1-3-18(19)26-27-28)10-17(25)13-6-5-11(15)21(12)22(13)14;1-13-8(10)6-2-4-7(5-3-6)9(11)12/h5-26H,1-4H3;1-22H,(H,45,46)(H,47,48)(H,49,50)(H,51,52);1-10H;2-5,11-12H,1H3. The normalized spacial score (nSPS) is 11.2. The van der Waals surface area contributed by atoms with E-state index in [4.69, 9.17) is 29.0 Å². The predicted octanol–water partition coefficient (Wildman–Crippen LogP) is 27.2. The summed E-state index contributed by atoms with van der Waals surface area (Å²) < 4.78 is 29.5. The maximum atomic E-state index is 12.4. The lowest BCUT2D eigenvalue weighted by Crippen LogP contribution is -2.29. The molecule has 0 aliphatic carbocycles. The molecule has 0 saturated heterocycles. The summed E-state index contributed by atoms with van der Waals surface area (Å²) in [7, 11) is 5.22. The highest BCUT2D eigenvalue weighted by Crippen LogP contribution is 2.53. The van der Waals surface area contributed by atoms with Crippen molar-refractivity contribution in [3.05, 3.63) is 415 Å². The second-order valence-corrected chi connectivity index (χ2v) is 37.7. The van der Waals surface area contributed by atoms with Crippen molar-refractivity contribution in [2.75, 3.05) is 35.5 Å². The summed E-state index contributed by atoms with van der Waals surface area (Å²) in [5.41, 5.74) is 20.0. The van der Waals surface area contributed by atoms with Crippen LogP contribution >= 0.6 is 47.8 Å². The number of carboxylic acids is 4. The molecule has 0 saturated carbocycles. The van der Waals surface area contributed by atoms with Crippen molar-refractivity contribution in [2.24, 2.45) is 0 Å². The monoisotopic (exact) mass is 2150 g/mol. The van der Waals surface area contributed by atoms with Gasteiger partial charge in [-0.05, 0) is 338 Å². The molecule has 23 nitrogen and oxygen atoms in total. The average Bonchev–Trinajstić information content (AvgIpc) is 1.04. The van der Waals surface area contributed by atoms with Gasteiger partial charge in [0, 0.05) is 24.2 Å². The molecule has 0 bridgehead atoms. The molecule has 23 aromatic rings. The van der Waals surface area contributed by atoms with E-state index in [-0.39, 0.29) is 22.3 Å². The number of carboxylic acid groups (broad SMARTS) is 4. The van der Waals surface area contributed by atoms with Gasteiger partial charge in [0.1, 0.15) is 5.52 Å². The fraction of sp³-hybridized carbons (Fsp3) is 0.0410. The number of aromatic carboxylic acids is 4. The Balaban J connectivity index is 0.000000132. The molecular formula is C122H79BBr3N3O20. The fourth-order valence-electron chi connectivity index (χ4n) is 19.7. The van der Waals surface area contributed by atoms with Gasteiger partial charge in [-0.15, -0.1) is 5.10 Å². The highest BCUT2D eigenvalue weighted by Gasteiger charge is 2.28. The topological polar surface area (TPSA) is 352 Å². The van der Waals surface area contributed by atoms with Crippen molar-refractivity contribution in [3.63, 3.8) is 0 Å². The molecule has 0 aliphatic rings. The van der Waals surface area contributed by atoms with Crippen LogP contribution < -0.4 is 5.46 Å². The SMILES string of the molecule is Brc1cc(Br)c2ccc3c(-n4nnc5ccccc54)cc(Br)c4ccc1c2c43.COC(=O)c1ccc(-c2cc(-c3ccc(C(=O)OC)cc3)c3ccc4c(-c5ccc(C(=O)OC)cc5)cc(-c5ccc(C(=O)OC)cc5)c5ccc2c3c54)cc1.COC(=O)c1ccc(B(O)O)cc1.O=C(O)c1ccc(-c2cc(-c3ccc(C(=O)O)cc3)c3ccc4c(-c5ccc(C(=O)O)cc5)cc(-c5ccc(C(=O)O)cc5)c5ccc2c3c54)cc1. The summed E-state index contributed by atoms with van der Waals surface area (Å²) in [6.45, 7) is 0. The maximum Gasteiger partial charge on any atom is 0.488 e. The number of carbonyl (C=O) groups is 9. The van der Waals surface area contributed by atoms with Crippen LogP contribution in [0.25, 0.3) is 203 Å². The largest absolute Gasteiger partial charge is 0.488 e. The number of esters is 5. The van der Waals surface area contributed by atoms with Crippen LogP contribution in [0.5, 0.6) is 0 Å². The highest BCUT2D eigenvalue weighted by molar-refractivity contribution is 9.11. The van der Waals surface area contributed by atoms with E-state index >= 15 is 0 Å². The number of ether oxygens (including phenoxy) is 5. The number of carbonyl (C=O) groups excluding carboxylic acids is 5. The van der Waals surface area contributed by atoms with Crippen molar-refractivity contribution in [2.45, 2.75) is 0 Å². The Kier molecular flexibility index (Phi) is 27.0. The summed E-state index contributed by atoms with van der Waals surface area (Å²) >= 11 is 11.3. The number of rotatable bonds is 19. The molecule has 1 heterocycles. The van der Waals surface area contributed by atoms with Crippen LogP contribution in [0.3, 0.4) is 0 Å². The molecule has 0 unspecified atom stereocenters. The van der Waals surface area contributed by atoms with Crippen LogP contribution in [0.1, 0.15) is 93.2 Å². The Morgan fingerprint density at radius 3 is 0.678 bits per heavy atom. The maximum absolute atomic E-state index is 12.4. The molecule has 22 aromatic carbocycles. The minimum absolute atomic E-state index is 0.156. The lowest BCUT2D eigenvalue weighted by Gasteiger charge is -2.21. The number of para-hydroxylation sites is 1. The molecule has 1 aromatic heterocycles.